The fourth-order valence-corrected chi connectivity index (χ4v) is 2.14. The molecule has 0 fully saturated rings. The molecule has 0 unspecified atom stereocenters. The molecule has 0 aliphatic rings. The summed E-state index contributed by atoms with van der Waals surface area (Å²) in [6.45, 7) is 5.55. The number of anilines is 3. The average Bonchev–Trinajstić information content (AvgIpc) is 2.40. The third-order valence-electron chi connectivity index (χ3n) is 3.01. The quantitative estimate of drug-likeness (QED) is 0.843. The molecule has 0 heterocycles. The molecule has 0 saturated heterocycles. The number of hydrogen-bond donors (Lipinski definition) is 1. The number of para-hydroxylation sites is 1. The van der Waals surface area contributed by atoms with E-state index in [0.717, 1.165) is 17.9 Å². The van der Waals surface area contributed by atoms with E-state index in [0.29, 0.717) is 5.92 Å². The van der Waals surface area contributed by atoms with Crippen LogP contribution in [0.25, 0.3) is 0 Å². The van der Waals surface area contributed by atoms with Gasteiger partial charge in [0.05, 0.1) is 0 Å². The molecule has 1 N–H and O–H groups in total. The van der Waals surface area contributed by atoms with Crippen LogP contribution in [0, 0.1) is 5.92 Å². The first-order valence-electron chi connectivity index (χ1n) is 6.78. The molecule has 2 nitrogen and oxygen atoms in total. The first-order valence-corrected chi connectivity index (χ1v) is 6.78. The Morgan fingerprint density at radius 3 is 2.05 bits per heavy atom. The van der Waals surface area contributed by atoms with Crippen LogP contribution in [0.1, 0.15) is 13.8 Å². The highest BCUT2D eigenvalue weighted by Gasteiger charge is 2.03. The number of nitrogens with one attached hydrogen (secondary N) is 1. The molecule has 0 spiro atoms. The van der Waals surface area contributed by atoms with Crippen molar-refractivity contribution in [2.45, 2.75) is 13.8 Å². The molecule has 100 valence electrons. The van der Waals surface area contributed by atoms with Crippen molar-refractivity contribution >= 4 is 17.1 Å². The van der Waals surface area contributed by atoms with E-state index in [-0.39, 0.29) is 0 Å². The van der Waals surface area contributed by atoms with Crippen LogP contribution in [-0.2, 0) is 0 Å². The van der Waals surface area contributed by atoms with E-state index in [1.165, 1.54) is 5.69 Å². The minimum absolute atomic E-state index is 0.673. The Morgan fingerprint density at radius 1 is 0.895 bits per heavy atom. The van der Waals surface area contributed by atoms with E-state index in [4.69, 9.17) is 0 Å². The minimum Gasteiger partial charge on any atom is -0.374 e. The van der Waals surface area contributed by atoms with Crippen molar-refractivity contribution < 1.29 is 0 Å². The van der Waals surface area contributed by atoms with Crippen LogP contribution in [0.15, 0.2) is 54.6 Å². The van der Waals surface area contributed by atoms with Gasteiger partial charge in [0.2, 0.25) is 0 Å². The number of nitrogens with zero attached hydrogens (tertiary/aromatic N) is 1. The molecule has 0 aliphatic carbocycles. The highest BCUT2D eigenvalue weighted by molar-refractivity contribution is 5.62. The van der Waals surface area contributed by atoms with Crippen LogP contribution in [0.4, 0.5) is 17.1 Å². The predicted molar refractivity (Wildman–Crippen MR) is 84.3 cm³/mol. The summed E-state index contributed by atoms with van der Waals surface area (Å²) >= 11 is 0. The van der Waals surface area contributed by atoms with Gasteiger partial charge in [-0.1, -0.05) is 32.0 Å². The monoisotopic (exact) mass is 254 g/mol. The van der Waals surface area contributed by atoms with Crippen molar-refractivity contribution in [3.8, 4) is 0 Å². The topological polar surface area (TPSA) is 15.3 Å². The van der Waals surface area contributed by atoms with E-state index in [9.17, 15) is 0 Å². The van der Waals surface area contributed by atoms with Gasteiger partial charge in [0.1, 0.15) is 0 Å². The lowest BCUT2D eigenvalue weighted by Crippen LogP contribution is -2.22. The van der Waals surface area contributed by atoms with E-state index in [1.807, 2.05) is 18.2 Å². The summed E-state index contributed by atoms with van der Waals surface area (Å²) in [7, 11) is 2.14. The van der Waals surface area contributed by atoms with Crippen molar-refractivity contribution in [3.63, 3.8) is 0 Å². The second-order valence-corrected chi connectivity index (χ2v) is 5.31. The van der Waals surface area contributed by atoms with Gasteiger partial charge in [0, 0.05) is 30.7 Å². The van der Waals surface area contributed by atoms with Crippen LogP contribution in [-0.4, -0.2) is 13.6 Å². The molecule has 2 rings (SSSR count). The second-order valence-electron chi connectivity index (χ2n) is 5.31. The largest absolute Gasteiger partial charge is 0.374 e. The molecular formula is C17H22N2. The summed E-state index contributed by atoms with van der Waals surface area (Å²) < 4.78 is 0. The Kier molecular flexibility index (Phi) is 4.45. The molecule has 0 atom stereocenters. The lowest BCUT2D eigenvalue weighted by Gasteiger charge is -2.21. The Labute approximate surface area is 116 Å². The third kappa shape index (κ3) is 4.02. The van der Waals surface area contributed by atoms with Crippen LogP contribution < -0.4 is 10.2 Å². The van der Waals surface area contributed by atoms with Gasteiger partial charge in [0.25, 0.3) is 0 Å². The van der Waals surface area contributed by atoms with Gasteiger partial charge >= 0.3 is 0 Å². The summed E-state index contributed by atoms with van der Waals surface area (Å²) in [6, 6.07) is 18.8. The van der Waals surface area contributed by atoms with Gasteiger partial charge < -0.3 is 10.2 Å². The highest BCUT2D eigenvalue weighted by atomic mass is 15.1. The fraction of sp³-hybridized carbons (Fsp3) is 0.294. The van der Waals surface area contributed by atoms with Crippen molar-refractivity contribution in [2.24, 2.45) is 5.92 Å². The molecule has 0 saturated carbocycles. The smallest absolute Gasteiger partial charge is 0.0385 e. The van der Waals surface area contributed by atoms with Gasteiger partial charge in [-0.3, -0.25) is 0 Å². The SMILES string of the molecule is CC(C)CN(C)c1ccc(Nc2ccccc2)cc1. The first kappa shape index (κ1) is 13.5. The van der Waals surface area contributed by atoms with Crippen molar-refractivity contribution in [1.29, 1.82) is 0 Å². The van der Waals surface area contributed by atoms with Crippen molar-refractivity contribution in [3.05, 3.63) is 54.6 Å². The molecule has 0 radical (unpaired) electrons. The van der Waals surface area contributed by atoms with Crippen LogP contribution >= 0.6 is 0 Å². The molecule has 2 aromatic rings. The van der Waals surface area contributed by atoms with Crippen LogP contribution in [0.3, 0.4) is 0 Å². The zero-order valence-electron chi connectivity index (χ0n) is 11.9. The zero-order chi connectivity index (χ0) is 13.7. The van der Waals surface area contributed by atoms with Gasteiger partial charge in [-0.2, -0.15) is 0 Å². The Morgan fingerprint density at radius 2 is 1.47 bits per heavy atom. The molecule has 0 bridgehead atoms. The summed E-state index contributed by atoms with van der Waals surface area (Å²) in [4.78, 5) is 2.29. The van der Waals surface area contributed by atoms with Gasteiger partial charge in [-0.05, 0) is 42.3 Å². The van der Waals surface area contributed by atoms with E-state index >= 15 is 0 Å². The van der Waals surface area contributed by atoms with Crippen LogP contribution in [0.5, 0.6) is 0 Å². The molecule has 0 aromatic heterocycles. The van der Waals surface area contributed by atoms with Crippen molar-refractivity contribution in [2.75, 3.05) is 23.8 Å². The Balaban J connectivity index is 2.02. The predicted octanol–water partition coefficient (Wildman–Crippen LogP) is 4.52. The fourth-order valence-electron chi connectivity index (χ4n) is 2.14. The number of benzene rings is 2. The van der Waals surface area contributed by atoms with Crippen molar-refractivity contribution in [1.82, 2.24) is 0 Å². The minimum atomic E-state index is 0.673. The van der Waals surface area contributed by atoms with E-state index in [2.05, 4.69) is 67.5 Å². The summed E-state index contributed by atoms with van der Waals surface area (Å²) in [6.07, 6.45) is 0. The molecule has 2 aromatic carbocycles. The summed E-state index contributed by atoms with van der Waals surface area (Å²) in [5, 5.41) is 3.39. The molecule has 19 heavy (non-hydrogen) atoms. The molecular weight excluding hydrogens is 232 g/mol. The number of hydrogen-bond acceptors (Lipinski definition) is 2. The lowest BCUT2D eigenvalue weighted by molar-refractivity contribution is 0.638. The highest BCUT2D eigenvalue weighted by Crippen LogP contribution is 2.20. The third-order valence-corrected chi connectivity index (χ3v) is 3.01. The molecule has 0 amide bonds. The van der Waals surface area contributed by atoms with E-state index < -0.39 is 0 Å². The summed E-state index contributed by atoms with van der Waals surface area (Å²) in [5.41, 5.74) is 3.49. The maximum absolute atomic E-state index is 3.39. The summed E-state index contributed by atoms with van der Waals surface area (Å²) in [5.74, 6) is 0.673. The lowest BCUT2D eigenvalue weighted by atomic mass is 10.2. The maximum atomic E-state index is 3.39. The van der Waals surface area contributed by atoms with E-state index in [1.54, 1.807) is 0 Å². The molecule has 2 heteroatoms. The average molecular weight is 254 g/mol. The Hall–Kier alpha value is -1.96. The maximum Gasteiger partial charge on any atom is 0.0385 e. The van der Waals surface area contributed by atoms with Gasteiger partial charge in [-0.15, -0.1) is 0 Å². The van der Waals surface area contributed by atoms with Crippen LogP contribution in [0.2, 0.25) is 0 Å². The van der Waals surface area contributed by atoms with Gasteiger partial charge in [-0.25, -0.2) is 0 Å². The first-order chi connectivity index (χ1) is 9.15. The number of rotatable bonds is 5. The zero-order valence-corrected chi connectivity index (χ0v) is 11.9. The second kappa shape index (κ2) is 6.28. The standard InChI is InChI=1S/C17H22N2/c1-14(2)13-19(3)17-11-9-16(10-12-17)18-15-7-5-4-6-8-15/h4-12,14,18H,13H2,1-3H3. The normalized spacial score (nSPS) is 10.5. The Bertz CT molecular complexity index is 488. The van der Waals surface area contributed by atoms with Gasteiger partial charge in [0.15, 0.2) is 0 Å². The molecule has 0 aliphatic heterocycles.